The SMILES string of the molecule is CCOC(=O)c1c(C)nn(-c2ccc([N+](=O)[O-])cn2)c1C.Cc1nn(-c2ncccc2[N+](=O)[O-])c(C)c1C(=O)O. The van der Waals surface area contributed by atoms with Gasteiger partial charge in [-0.3, -0.25) is 20.2 Å². The highest BCUT2D eigenvalue weighted by atomic mass is 16.6. The molecule has 16 heteroatoms. The van der Waals surface area contributed by atoms with Crippen LogP contribution in [-0.4, -0.2) is 63.0 Å². The molecule has 0 saturated carbocycles. The number of aromatic carboxylic acids is 1. The van der Waals surface area contributed by atoms with Gasteiger partial charge in [0.25, 0.3) is 5.69 Å². The van der Waals surface area contributed by atoms with Gasteiger partial charge < -0.3 is 9.84 Å². The maximum Gasteiger partial charge on any atom is 0.341 e. The minimum Gasteiger partial charge on any atom is -0.478 e. The minimum atomic E-state index is -1.13. The number of carbonyl (C=O) groups is 2. The third kappa shape index (κ3) is 5.79. The topological polar surface area (TPSA) is 211 Å². The normalized spacial score (nSPS) is 10.4. The second kappa shape index (κ2) is 11.9. The van der Waals surface area contributed by atoms with Crippen LogP contribution in [0.5, 0.6) is 0 Å². The monoisotopic (exact) mass is 552 g/mol. The molecule has 208 valence electrons. The molecule has 40 heavy (non-hydrogen) atoms. The zero-order valence-electron chi connectivity index (χ0n) is 22.1. The Hall–Kier alpha value is -5.54. The van der Waals surface area contributed by atoms with Gasteiger partial charge in [-0.05, 0) is 46.8 Å². The molecular formula is C24H24N8O8. The lowest BCUT2D eigenvalue weighted by atomic mass is 10.2. The summed E-state index contributed by atoms with van der Waals surface area (Å²) < 4.78 is 7.63. The van der Waals surface area contributed by atoms with Crippen LogP contribution in [0.15, 0.2) is 36.7 Å². The number of aromatic nitrogens is 6. The lowest BCUT2D eigenvalue weighted by molar-refractivity contribution is -0.385. The van der Waals surface area contributed by atoms with Gasteiger partial charge in [-0.15, -0.1) is 0 Å². The predicted octanol–water partition coefficient (Wildman–Crippen LogP) is 3.46. The van der Waals surface area contributed by atoms with Crippen LogP contribution in [0.4, 0.5) is 11.4 Å². The zero-order chi connectivity index (χ0) is 29.7. The van der Waals surface area contributed by atoms with E-state index in [9.17, 15) is 29.8 Å². The molecule has 0 aromatic carbocycles. The lowest BCUT2D eigenvalue weighted by Gasteiger charge is -2.04. The summed E-state index contributed by atoms with van der Waals surface area (Å²) in [5, 5.41) is 38.9. The van der Waals surface area contributed by atoms with Crippen molar-refractivity contribution >= 4 is 23.3 Å². The number of nitro groups is 2. The van der Waals surface area contributed by atoms with E-state index in [1.165, 1.54) is 53.7 Å². The second-order valence-corrected chi connectivity index (χ2v) is 8.18. The number of carboxylic acids is 1. The molecule has 0 bridgehead atoms. The molecule has 0 radical (unpaired) electrons. The fourth-order valence-corrected chi connectivity index (χ4v) is 3.83. The standard InChI is InChI=1S/C13H14N4O4.C11H10N4O4/c1-4-21-13(18)12-8(2)15-16(9(12)3)11-6-5-10(7-14-11)17(19)20;1-6-9(11(16)17)7(2)14(13-6)10-8(15(18)19)4-3-5-12-10/h5-7H,4H2,1-3H3;3-5H,1-2H3,(H,16,17). The molecule has 0 fully saturated rings. The second-order valence-electron chi connectivity index (χ2n) is 8.18. The van der Waals surface area contributed by atoms with Crippen molar-refractivity contribution in [3.05, 3.63) is 90.8 Å². The molecule has 1 N–H and O–H groups in total. The van der Waals surface area contributed by atoms with Crippen molar-refractivity contribution < 1.29 is 29.3 Å². The predicted molar refractivity (Wildman–Crippen MR) is 138 cm³/mol. The van der Waals surface area contributed by atoms with Gasteiger partial charge in [0.2, 0.25) is 5.82 Å². The van der Waals surface area contributed by atoms with Crippen molar-refractivity contribution in [2.45, 2.75) is 34.6 Å². The number of esters is 1. The highest BCUT2D eigenvalue weighted by Gasteiger charge is 2.24. The highest BCUT2D eigenvalue weighted by Crippen LogP contribution is 2.23. The number of rotatable bonds is 7. The first-order valence-corrected chi connectivity index (χ1v) is 11.6. The van der Waals surface area contributed by atoms with Crippen molar-refractivity contribution in [2.75, 3.05) is 6.61 Å². The van der Waals surface area contributed by atoms with Gasteiger partial charge in [-0.2, -0.15) is 10.2 Å². The average Bonchev–Trinajstić information content (AvgIpc) is 3.38. The van der Waals surface area contributed by atoms with E-state index in [4.69, 9.17) is 9.84 Å². The van der Waals surface area contributed by atoms with E-state index in [2.05, 4.69) is 20.2 Å². The molecule has 0 saturated heterocycles. The molecule has 0 unspecified atom stereocenters. The Morgan fingerprint density at radius 2 is 1.55 bits per heavy atom. The van der Waals surface area contributed by atoms with E-state index in [1.54, 1.807) is 20.8 Å². The summed E-state index contributed by atoms with van der Waals surface area (Å²) in [5.41, 5.74) is 1.75. The van der Waals surface area contributed by atoms with Crippen LogP contribution in [-0.2, 0) is 4.74 Å². The fraction of sp³-hybridized carbons (Fsp3) is 0.250. The maximum atomic E-state index is 11.9. The summed E-state index contributed by atoms with van der Waals surface area (Å²) in [7, 11) is 0. The molecule has 4 heterocycles. The van der Waals surface area contributed by atoms with Crippen molar-refractivity contribution in [1.82, 2.24) is 29.5 Å². The molecule has 4 aromatic heterocycles. The molecule has 16 nitrogen and oxygen atoms in total. The first-order chi connectivity index (χ1) is 18.9. The summed E-state index contributed by atoms with van der Waals surface area (Å²) in [5.74, 6) is -1.17. The molecular weight excluding hydrogens is 528 g/mol. The summed E-state index contributed by atoms with van der Waals surface area (Å²) in [6.07, 6.45) is 2.54. The van der Waals surface area contributed by atoms with Crippen LogP contribution in [0.3, 0.4) is 0 Å². The third-order valence-electron chi connectivity index (χ3n) is 5.60. The van der Waals surface area contributed by atoms with Crippen LogP contribution in [0.2, 0.25) is 0 Å². The lowest BCUT2D eigenvalue weighted by Crippen LogP contribution is -2.08. The van der Waals surface area contributed by atoms with Crippen molar-refractivity contribution in [3.63, 3.8) is 0 Å². The number of hydrogen-bond acceptors (Lipinski definition) is 11. The van der Waals surface area contributed by atoms with Gasteiger partial charge in [0.05, 0.1) is 39.2 Å². The highest BCUT2D eigenvalue weighted by molar-refractivity contribution is 5.92. The van der Waals surface area contributed by atoms with Crippen LogP contribution in [0.1, 0.15) is 50.4 Å². The number of carbonyl (C=O) groups excluding carboxylic acids is 1. The Balaban J connectivity index is 0.000000222. The van der Waals surface area contributed by atoms with Gasteiger partial charge in [-0.1, -0.05) is 0 Å². The summed E-state index contributed by atoms with van der Waals surface area (Å²) in [6, 6.07) is 5.54. The number of aryl methyl sites for hydroxylation is 2. The number of carboxylic acid groups (broad SMARTS) is 1. The molecule has 0 atom stereocenters. The van der Waals surface area contributed by atoms with E-state index in [0.29, 0.717) is 28.5 Å². The summed E-state index contributed by atoms with van der Waals surface area (Å²) in [4.78, 5) is 51.3. The Morgan fingerprint density at radius 1 is 0.925 bits per heavy atom. The first kappa shape index (κ1) is 29.0. The fourth-order valence-electron chi connectivity index (χ4n) is 3.83. The van der Waals surface area contributed by atoms with Crippen LogP contribution in [0, 0.1) is 47.9 Å². The van der Waals surface area contributed by atoms with Crippen molar-refractivity contribution in [2.24, 2.45) is 0 Å². The van der Waals surface area contributed by atoms with E-state index < -0.39 is 21.8 Å². The zero-order valence-corrected chi connectivity index (χ0v) is 22.1. The van der Waals surface area contributed by atoms with Crippen LogP contribution in [0.25, 0.3) is 11.6 Å². The van der Waals surface area contributed by atoms with Crippen molar-refractivity contribution in [3.8, 4) is 11.6 Å². The molecule has 4 rings (SSSR count). The minimum absolute atomic E-state index is 0.000556. The molecule has 0 spiro atoms. The van der Waals surface area contributed by atoms with Crippen LogP contribution >= 0.6 is 0 Å². The quantitative estimate of drug-likeness (QED) is 0.198. The Bertz CT molecular complexity index is 1610. The van der Waals surface area contributed by atoms with Crippen molar-refractivity contribution in [1.29, 1.82) is 0 Å². The molecule has 0 aliphatic rings. The smallest absolute Gasteiger partial charge is 0.341 e. The average molecular weight is 553 g/mol. The summed E-state index contributed by atoms with van der Waals surface area (Å²) >= 11 is 0. The van der Waals surface area contributed by atoms with Gasteiger partial charge in [-0.25, -0.2) is 28.9 Å². The molecule has 0 aliphatic heterocycles. The molecule has 0 aliphatic carbocycles. The van der Waals surface area contributed by atoms with E-state index in [0.717, 1.165) is 6.20 Å². The largest absolute Gasteiger partial charge is 0.478 e. The first-order valence-electron chi connectivity index (χ1n) is 11.6. The number of hydrogen-bond donors (Lipinski definition) is 1. The third-order valence-corrected chi connectivity index (χ3v) is 5.60. The van der Waals surface area contributed by atoms with E-state index in [-0.39, 0.29) is 35.1 Å². The molecule has 0 amide bonds. The number of ether oxygens (including phenoxy) is 1. The molecule has 4 aromatic rings. The number of pyridine rings is 2. The van der Waals surface area contributed by atoms with E-state index >= 15 is 0 Å². The number of nitrogens with zero attached hydrogens (tertiary/aromatic N) is 8. The Kier molecular flexibility index (Phi) is 8.62. The Morgan fingerprint density at radius 3 is 2.08 bits per heavy atom. The van der Waals surface area contributed by atoms with E-state index in [1.807, 2.05) is 0 Å². The van der Waals surface area contributed by atoms with Gasteiger partial charge in [0.15, 0.2) is 5.82 Å². The van der Waals surface area contributed by atoms with Gasteiger partial charge in [0.1, 0.15) is 17.3 Å². The van der Waals surface area contributed by atoms with Crippen LogP contribution < -0.4 is 0 Å². The Labute approximate surface area is 226 Å². The van der Waals surface area contributed by atoms with Gasteiger partial charge in [0, 0.05) is 18.3 Å². The maximum absolute atomic E-state index is 11.9. The van der Waals surface area contributed by atoms with Gasteiger partial charge >= 0.3 is 17.6 Å². The summed E-state index contributed by atoms with van der Waals surface area (Å²) in [6.45, 7) is 8.48.